The van der Waals surface area contributed by atoms with E-state index in [1.807, 2.05) is 24.3 Å². The van der Waals surface area contributed by atoms with Crippen LogP contribution in [0.5, 0.6) is 5.75 Å². The van der Waals surface area contributed by atoms with Crippen molar-refractivity contribution < 1.29 is 13.9 Å². The highest BCUT2D eigenvalue weighted by Gasteiger charge is 2.25. The molecule has 1 aliphatic heterocycles. The van der Waals surface area contributed by atoms with E-state index in [1.165, 1.54) is 6.07 Å². The van der Waals surface area contributed by atoms with E-state index in [9.17, 15) is 9.18 Å². The number of hydrogen-bond donors (Lipinski definition) is 1. The van der Waals surface area contributed by atoms with Crippen LogP contribution in [0, 0.1) is 5.82 Å². The van der Waals surface area contributed by atoms with Crippen molar-refractivity contribution in [1.29, 1.82) is 0 Å². The van der Waals surface area contributed by atoms with Gasteiger partial charge in [-0.15, -0.1) is 0 Å². The van der Waals surface area contributed by atoms with Gasteiger partial charge in [0.25, 0.3) is 5.91 Å². The fraction of sp³-hybridized carbons (Fsp3) is 0.350. The predicted octanol–water partition coefficient (Wildman–Crippen LogP) is 4.71. The number of carbonyl (C=O) groups is 1. The Morgan fingerprint density at radius 3 is 2.48 bits per heavy atom. The highest BCUT2D eigenvalue weighted by molar-refractivity contribution is 6.36. The van der Waals surface area contributed by atoms with Crippen molar-refractivity contribution in [3.05, 3.63) is 63.4 Å². The third-order valence-electron chi connectivity index (χ3n) is 4.79. The minimum Gasteiger partial charge on any atom is -0.497 e. The lowest BCUT2D eigenvalue weighted by Crippen LogP contribution is -2.37. The number of benzene rings is 2. The van der Waals surface area contributed by atoms with Crippen LogP contribution >= 0.6 is 23.2 Å². The molecule has 144 valence electrons. The van der Waals surface area contributed by atoms with Gasteiger partial charge in [-0.3, -0.25) is 9.69 Å². The van der Waals surface area contributed by atoms with Crippen LogP contribution in [0.25, 0.3) is 0 Å². The summed E-state index contributed by atoms with van der Waals surface area (Å²) in [5.41, 5.74) is 1.17. The van der Waals surface area contributed by atoms with Gasteiger partial charge in [-0.25, -0.2) is 4.39 Å². The molecule has 0 aliphatic carbocycles. The van der Waals surface area contributed by atoms with Crippen molar-refractivity contribution >= 4 is 29.1 Å². The van der Waals surface area contributed by atoms with E-state index >= 15 is 0 Å². The molecule has 1 fully saturated rings. The Balaban J connectivity index is 1.76. The zero-order valence-electron chi connectivity index (χ0n) is 15.0. The summed E-state index contributed by atoms with van der Waals surface area (Å²) < 4.78 is 18.9. The van der Waals surface area contributed by atoms with E-state index in [1.54, 1.807) is 7.11 Å². The van der Waals surface area contributed by atoms with Crippen molar-refractivity contribution in [2.75, 3.05) is 26.7 Å². The van der Waals surface area contributed by atoms with Crippen molar-refractivity contribution in [3.63, 3.8) is 0 Å². The molecule has 1 N–H and O–H groups in total. The largest absolute Gasteiger partial charge is 0.497 e. The Hall–Kier alpha value is -1.82. The summed E-state index contributed by atoms with van der Waals surface area (Å²) in [4.78, 5) is 14.9. The predicted molar refractivity (Wildman–Crippen MR) is 105 cm³/mol. The molecule has 1 heterocycles. The number of rotatable bonds is 6. The van der Waals surface area contributed by atoms with E-state index in [0.717, 1.165) is 43.3 Å². The van der Waals surface area contributed by atoms with Gasteiger partial charge in [0, 0.05) is 6.54 Å². The second-order valence-electron chi connectivity index (χ2n) is 6.49. The number of amides is 1. The first kappa shape index (κ1) is 19.9. The number of halogens is 3. The molecule has 1 aliphatic rings. The summed E-state index contributed by atoms with van der Waals surface area (Å²) >= 11 is 11.8. The fourth-order valence-electron chi connectivity index (χ4n) is 3.32. The molecule has 2 aromatic carbocycles. The minimum atomic E-state index is -0.669. The maximum absolute atomic E-state index is 13.7. The Morgan fingerprint density at radius 1 is 1.19 bits per heavy atom. The van der Waals surface area contributed by atoms with Gasteiger partial charge in [0.05, 0.1) is 28.8 Å². The molecular weight excluding hydrogens is 390 g/mol. The highest BCUT2D eigenvalue weighted by atomic mass is 35.5. The maximum Gasteiger partial charge on any atom is 0.252 e. The molecule has 0 unspecified atom stereocenters. The fourth-order valence-corrected chi connectivity index (χ4v) is 3.79. The molecule has 3 rings (SSSR count). The van der Waals surface area contributed by atoms with Gasteiger partial charge in [-0.1, -0.05) is 35.3 Å². The first-order chi connectivity index (χ1) is 13.0. The summed E-state index contributed by atoms with van der Waals surface area (Å²) in [5, 5.41) is 2.90. The molecule has 1 atom stereocenters. The lowest BCUT2D eigenvalue weighted by atomic mass is 10.0. The average molecular weight is 411 g/mol. The quantitative estimate of drug-likeness (QED) is 0.701. The summed E-state index contributed by atoms with van der Waals surface area (Å²) in [7, 11) is 1.63. The van der Waals surface area contributed by atoms with Gasteiger partial charge in [-0.05, 0) is 55.8 Å². The number of nitrogens with zero attached hydrogens (tertiary/aromatic N) is 1. The molecule has 0 radical (unpaired) electrons. The summed E-state index contributed by atoms with van der Waals surface area (Å²) in [6, 6.07) is 10.2. The van der Waals surface area contributed by atoms with Crippen LogP contribution in [0.1, 0.15) is 34.8 Å². The van der Waals surface area contributed by atoms with Crippen molar-refractivity contribution in [2.24, 2.45) is 0 Å². The van der Waals surface area contributed by atoms with Crippen LogP contribution in [0.15, 0.2) is 36.4 Å². The molecule has 4 nitrogen and oxygen atoms in total. The molecule has 2 aromatic rings. The maximum atomic E-state index is 13.7. The average Bonchev–Trinajstić information content (AvgIpc) is 3.19. The van der Waals surface area contributed by atoms with Crippen LogP contribution in [0.4, 0.5) is 4.39 Å². The summed E-state index contributed by atoms with van der Waals surface area (Å²) in [6.45, 7) is 2.34. The molecule has 1 saturated heterocycles. The van der Waals surface area contributed by atoms with Crippen LogP contribution in [0.2, 0.25) is 10.0 Å². The Kier molecular flexibility index (Phi) is 6.58. The third-order valence-corrected chi connectivity index (χ3v) is 5.39. The van der Waals surface area contributed by atoms with Gasteiger partial charge in [-0.2, -0.15) is 0 Å². The third kappa shape index (κ3) is 4.72. The zero-order valence-corrected chi connectivity index (χ0v) is 16.5. The van der Waals surface area contributed by atoms with Crippen LogP contribution in [-0.2, 0) is 0 Å². The first-order valence-electron chi connectivity index (χ1n) is 8.80. The summed E-state index contributed by atoms with van der Waals surface area (Å²) in [6.07, 6.45) is 2.27. The molecule has 0 bridgehead atoms. The number of ether oxygens (including phenoxy) is 1. The topological polar surface area (TPSA) is 41.6 Å². The normalized spacial score (nSPS) is 15.6. The first-order valence-corrected chi connectivity index (χ1v) is 9.56. The minimum absolute atomic E-state index is 0.0262. The smallest absolute Gasteiger partial charge is 0.252 e. The molecule has 1 amide bonds. The van der Waals surface area contributed by atoms with E-state index < -0.39 is 11.7 Å². The van der Waals surface area contributed by atoms with E-state index in [-0.39, 0.29) is 21.7 Å². The Bertz CT molecular complexity index is 808. The molecule has 0 spiro atoms. The van der Waals surface area contributed by atoms with Crippen LogP contribution in [-0.4, -0.2) is 37.6 Å². The molecular formula is C20H21Cl2FN2O2. The highest BCUT2D eigenvalue weighted by Crippen LogP contribution is 2.27. The molecule has 0 aromatic heterocycles. The van der Waals surface area contributed by atoms with Crippen LogP contribution < -0.4 is 10.1 Å². The van der Waals surface area contributed by atoms with Crippen molar-refractivity contribution in [1.82, 2.24) is 10.2 Å². The lowest BCUT2D eigenvalue weighted by Gasteiger charge is -2.28. The number of likely N-dealkylation sites (tertiary alicyclic amines) is 1. The summed E-state index contributed by atoms with van der Waals surface area (Å²) in [5.74, 6) is -0.308. The SMILES string of the molecule is COc1ccc([C@H](CNC(=O)c2cc(F)c(Cl)cc2Cl)N2CCCC2)cc1. The van der Waals surface area contributed by atoms with Gasteiger partial charge >= 0.3 is 0 Å². The molecule has 27 heavy (non-hydrogen) atoms. The van der Waals surface area contributed by atoms with Crippen molar-refractivity contribution in [3.8, 4) is 5.75 Å². The number of carbonyl (C=O) groups excluding carboxylic acids is 1. The standard InChI is InChI=1S/C20H21Cl2FN2O2/c1-27-14-6-4-13(5-7-14)19(25-8-2-3-9-25)12-24-20(26)15-10-18(23)17(22)11-16(15)21/h4-7,10-11,19H,2-3,8-9,12H2,1H3,(H,24,26)/t19-/m0/s1. The monoisotopic (exact) mass is 410 g/mol. The zero-order chi connectivity index (χ0) is 19.4. The van der Waals surface area contributed by atoms with E-state index in [4.69, 9.17) is 27.9 Å². The van der Waals surface area contributed by atoms with Crippen molar-refractivity contribution in [2.45, 2.75) is 18.9 Å². The lowest BCUT2D eigenvalue weighted by molar-refractivity contribution is 0.0937. The Morgan fingerprint density at radius 2 is 1.85 bits per heavy atom. The number of methoxy groups -OCH3 is 1. The van der Waals surface area contributed by atoms with Gasteiger partial charge in [0.1, 0.15) is 11.6 Å². The van der Waals surface area contributed by atoms with E-state index in [2.05, 4.69) is 10.2 Å². The Labute approximate surface area is 168 Å². The van der Waals surface area contributed by atoms with Gasteiger partial charge in [0.15, 0.2) is 0 Å². The van der Waals surface area contributed by atoms with Crippen LogP contribution in [0.3, 0.4) is 0 Å². The number of hydrogen-bond acceptors (Lipinski definition) is 3. The van der Waals surface area contributed by atoms with E-state index in [0.29, 0.717) is 6.54 Å². The van der Waals surface area contributed by atoms with Gasteiger partial charge < -0.3 is 10.1 Å². The van der Waals surface area contributed by atoms with Gasteiger partial charge in [0.2, 0.25) is 0 Å². The molecule has 0 saturated carbocycles. The second kappa shape index (κ2) is 8.91. The molecule has 7 heteroatoms. The second-order valence-corrected chi connectivity index (χ2v) is 7.30. The number of nitrogens with one attached hydrogen (secondary N) is 1.